The van der Waals surface area contributed by atoms with E-state index in [-0.39, 0.29) is 5.60 Å². The average Bonchev–Trinajstić information content (AvgIpc) is 2.63. The molecule has 0 radical (unpaired) electrons. The highest BCUT2D eigenvalue weighted by Crippen LogP contribution is 2.38. The van der Waals surface area contributed by atoms with E-state index in [0.29, 0.717) is 18.1 Å². The average molecular weight is 253 g/mol. The molecule has 1 saturated heterocycles. The first-order valence-corrected chi connectivity index (χ1v) is 7.93. The first-order valence-electron chi connectivity index (χ1n) is 7.93. The molecule has 0 aromatic carbocycles. The Morgan fingerprint density at radius 3 is 2.61 bits per heavy atom. The van der Waals surface area contributed by atoms with E-state index in [1.165, 1.54) is 51.4 Å². The van der Waals surface area contributed by atoms with Gasteiger partial charge in [-0.1, -0.05) is 19.8 Å². The van der Waals surface area contributed by atoms with Crippen molar-refractivity contribution in [2.75, 3.05) is 0 Å². The maximum atomic E-state index is 6.33. The van der Waals surface area contributed by atoms with E-state index >= 15 is 0 Å². The summed E-state index contributed by atoms with van der Waals surface area (Å²) in [5, 5.41) is 0. The minimum atomic E-state index is 0.103. The minimum Gasteiger partial charge on any atom is -0.372 e. The molecular formula is C16H31NO. The molecule has 2 aliphatic rings. The Hall–Kier alpha value is -0.0800. The molecule has 0 aromatic heterocycles. The summed E-state index contributed by atoms with van der Waals surface area (Å²) in [4.78, 5) is 0. The second-order valence-corrected chi connectivity index (χ2v) is 7.17. The molecule has 0 spiro atoms. The molecule has 1 aliphatic carbocycles. The zero-order chi connectivity index (χ0) is 13.2. The van der Waals surface area contributed by atoms with Gasteiger partial charge < -0.3 is 10.5 Å². The molecule has 0 aromatic rings. The maximum Gasteiger partial charge on any atom is 0.0631 e. The summed E-state index contributed by atoms with van der Waals surface area (Å²) in [6, 6.07) is 0.422. The van der Waals surface area contributed by atoms with Gasteiger partial charge in [0.05, 0.1) is 11.7 Å². The van der Waals surface area contributed by atoms with Gasteiger partial charge in [0.2, 0.25) is 0 Å². The zero-order valence-corrected chi connectivity index (χ0v) is 12.5. The summed E-state index contributed by atoms with van der Waals surface area (Å²) in [7, 11) is 0. The Morgan fingerprint density at radius 2 is 2.00 bits per heavy atom. The molecular weight excluding hydrogens is 222 g/mol. The van der Waals surface area contributed by atoms with Gasteiger partial charge in [-0.2, -0.15) is 0 Å². The fraction of sp³-hybridized carbons (Fsp3) is 1.00. The summed E-state index contributed by atoms with van der Waals surface area (Å²) in [6.07, 6.45) is 10.7. The molecule has 2 heteroatoms. The zero-order valence-electron chi connectivity index (χ0n) is 12.5. The number of ether oxygens (including phenoxy) is 1. The van der Waals surface area contributed by atoms with Gasteiger partial charge in [0, 0.05) is 6.04 Å². The molecule has 18 heavy (non-hydrogen) atoms. The summed E-state index contributed by atoms with van der Waals surface area (Å²) in [6.45, 7) is 6.73. The lowest BCUT2D eigenvalue weighted by molar-refractivity contribution is -0.0294. The van der Waals surface area contributed by atoms with E-state index in [1.807, 2.05) is 0 Å². The van der Waals surface area contributed by atoms with Gasteiger partial charge >= 0.3 is 0 Å². The van der Waals surface area contributed by atoms with Crippen molar-refractivity contribution in [3.8, 4) is 0 Å². The highest BCUT2D eigenvalue weighted by atomic mass is 16.5. The van der Waals surface area contributed by atoms with Crippen molar-refractivity contribution in [3.63, 3.8) is 0 Å². The fourth-order valence-electron chi connectivity index (χ4n) is 3.91. The normalized spacial score (nSPS) is 40.0. The SMILES string of the molecule is CCCC1CCC(N)C(CC2CCC(C)(C)O2)C1. The highest BCUT2D eigenvalue weighted by Gasteiger charge is 2.36. The summed E-state index contributed by atoms with van der Waals surface area (Å²) in [5.74, 6) is 1.63. The summed E-state index contributed by atoms with van der Waals surface area (Å²) < 4.78 is 6.14. The van der Waals surface area contributed by atoms with Crippen LogP contribution in [0.2, 0.25) is 0 Å². The van der Waals surface area contributed by atoms with Crippen molar-refractivity contribution < 1.29 is 4.74 Å². The Labute approximate surface area is 113 Å². The molecule has 1 saturated carbocycles. The first kappa shape index (κ1) is 14.3. The summed E-state index contributed by atoms with van der Waals surface area (Å²) in [5.41, 5.74) is 6.43. The smallest absolute Gasteiger partial charge is 0.0631 e. The van der Waals surface area contributed by atoms with Crippen LogP contribution in [0.1, 0.15) is 72.1 Å². The van der Waals surface area contributed by atoms with Crippen LogP contribution in [0.5, 0.6) is 0 Å². The Bertz CT molecular complexity index is 264. The number of hydrogen-bond acceptors (Lipinski definition) is 2. The predicted molar refractivity (Wildman–Crippen MR) is 76.5 cm³/mol. The number of hydrogen-bond donors (Lipinski definition) is 1. The second kappa shape index (κ2) is 5.92. The van der Waals surface area contributed by atoms with Gasteiger partial charge in [0.25, 0.3) is 0 Å². The maximum absolute atomic E-state index is 6.33. The quantitative estimate of drug-likeness (QED) is 0.825. The van der Waals surface area contributed by atoms with Gasteiger partial charge in [-0.15, -0.1) is 0 Å². The lowest BCUT2D eigenvalue weighted by Crippen LogP contribution is -2.38. The fourth-order valence-corrected chi connectivity index (χ4v) is 3.91. The molecule has 2 fully saturated rings. The highest BCUT2D eigenvalue weighted by molar-refractivity contribution is 4.88. The Kier molecular flexibility index (Phi) is 4.71. The van der Waals surface area contributed by atoms with E-state index in [4.69, 9.17) is 10.5 Å². The summed E-state index contributed by atoms with van der Waals surface area (Å²) >= 11 is 0. The molecule has 2 N–H and O–H groups in total. The van der Waals surface area contributed by atoms with Crippen molar-refractivity contribution >= 4 is 0 Å². The van der Waals surface area contributed by atoms with Gasteiger partial charge in [-0.05, 0) is 64.2 Å². The third-order valence-electron chi connectivity index (χ3n) is 4.97. The minimum absolute atomic E-state index is 0.103. The van der Waals surface area contributed by atoms with Crippen molar-refractivity contribution in [1.82, 2.24) is 0 Å². The monoisotopic (exact) mass is 253 g/mol. The van der Waals surface area contributed by atoms with Crippen molar-refractivity contribution in [2.24, 2.45) is 17.6 Å². The van der Waals surface area contributed by atoms with Crippen LogP contribution < -0.4 is 5.73 Å². The predicted octanol–water partition coefficient (Wildman–Crippen LogP) is 3.88. The van der Waals surface area contributed by atoms with Crippen LogP contribution >= 0.6 is 0 Å². The lowest BCUT2D eigenvalue weighted by atomic mass is 9.74. The first-order chi connectivity index (χ1) is 8.50. The molecule has 106 valence electrons. The lowest BCUT2D eigenvalue weighted by Gasteiger charge is -2.35. The van der Waals surface area contributed by atoms with E-state index in [2.05, 4.69) is 20.8 Å². The van der Waals surface area contributed by atoms with Crippen LogP contribution in [0.15, 0.2) is 0 Å². The topological polar surface area (TPSA) is 35.2 Å². The number of nitrogens with two attached hydrogens (primary N) is 1. The molecule has 0 amide bonds. The van der Waals surface area contributed by atoms with Gasteiger partial charge in [-0.25, -0.2) is 0 Å². The van der Waals surface area contributed by atoms with Crippen LogP contribution in [-0.4, -0.2) is 17.7 Å². The van der Waals surface area contributed by atoms with Crippen LogP contribution in [0.25, 0.3) is 0 Å². The van der Waals surface area contributed by atoms with E-state index < -0.39 is 0 Å². The van der Waals surface area contributed by atoms with Crippen molar-refractivity contribution in [1.29, 1.82) is 0 Å². The third-order valence-corrected chi connectivity index (χ3v) is 4.97. The molecule has 2 rings (SSSR count). The molecule has 2 nitrogen and oxygen atoms in total. The van der Waals surface area contributed by atoms with Gasteiger partial charge in [0.15, 0.2) is 0 Å². The molecule has 4 atom stereocenters. The second-order valence-electron chi connectivity index (χ2n) is 7.17. The number of rotatable bonds is 4. The Balaban J connectivity index is 1.83. The Morgan fingerprint density at radius 1 is 1.22 bits per heavy atom. The van der Waals surface area contributed by atoms with E-state index in [1.54, 1.807) is 0 Å². The standard InChI is InChI=1S/C16H31NO/c1-4-5-12-6-7-15(17)13(10-12)11-14-8-9-16(2,3)18-14/h12-15H,4-11,17H2,1-3H3. The largest absolute Gasteiger partial charge is 0.372 e. The van der Waals surface area contributed by atoms with E-state index in [0.717, 1.165) is 5.92 Å². The van der Waals surface area contributed by atoms with Gasteiger partial charge in [0.1, 0.15) is 0 Å². The van der Waals surface area contributed by atoms with Crippen LogP contribution in [0.4, 0.5) is 0 Å². The third kappa shape index (κ3) is 3.71. The van der Waals surface area contributed by atoms with Gasteiger partial charge in [-0.3, -0.25) is 0 Å². The molecule has 0 bridgehead atoms. The van der Waals surface area contributed by atoms with Crippen LogP contribution in [0.3, 0.4) is 0 Å². The molecule has 1 aliphatic heterocycles. The van der Waals surface area contributed by atoms with Crippen LogP contribution in [-0.2, 0) is 4.74 Å². The van der Waals surface area contributed by atoms with Crippen LogP contribution in [0, 0.1) is 11.8 Å². The van der Waals surface area contributed by atoms with Crippen molar-refractivity contribution in [2.45, 2.75) is 89.9 Å². The van der Waals surface area contributed by atoms with Crippen molar-refractivity contribution in [3.05, 3.63) is 0 Å². The molecule has 4 unspecified atom stereocenters. The molecule has 1 heterocycles. The van der Waals surface area contributed by atoms with E-state index in [9.17, 15) is 0 Å².